The quantitative estimate of drug-likeness (QED) is 0.200. The molecule has 0 unspecified atom stereocenters. The molecule has 2 aliphatic rings. The zero-order valence-electron chi connectivity index (χ0n) is 21.7. The highest BCUT2D eigenvalue weighted by Crippen LogP contribution is 2.29. The van der Waals surface area contributed by atoms with E-state index in [1.807, 2.05) is 36.4 Å². The van der Waals surface area contributed by atoms with Gasteiger partial charge in [0.25, 0.3) is 0 Å². The van der Waals surface area contributed by atoms with E-state index < -0.39 is 23.1 Å². The van der Waals surface area contributed by atoms with Crippen LogP contribution in [0.2, 0.25) is 0 Å². The highest BCUT2D eigenvalue weighted by molar-refractivity contribution is 7.91. The molecule has 0 saturated carbocycles. The topological polar surface area (TPSA) is 149 Å². The molecule has 12 heteroatoms. The molecule has 0 aliphatic carbocycles. The van der Waals surface area contributed by atoms with E-state index in [9.17, 15) is 18.9 Å². The van der Waals surface area contributed by atoms with E-state index in [2.05, 4.69) is 0 Å². The Morgan fingerprint density at radius 2 is 1.67 bits per heavy atom. The van der Waals surface area contributed by atoms with Gasteiger partial charge in [0.2, 0.25) is 11.8 Å². The number of carbonyl (C=O) groups excluding carboxylic acids is 3. The number of amidine groups is 1. The minimum atomic E-state index is -0.910. The molecular weight excluding hydrogens is 544 g/mol. The van der Waals surface area contributed by atoms with Crippen molar-refractivity contribution in [1.29, 1.82) is 5.41 Å². The lowest BCUT2D eigenvalue weighted by Crippen LogP contribution is -2.50. The van der Waals surface area contributed by atoms with Crippen molar-refractivity contribution >= 4 is 47.2 Å². The number of carbonyl (C=O) groups is 3. The van der Waals surface area contributed by atoms with Gasteiger partial charge < -0.3 is 29.6 Å². The average molecular weight is 577 g/mol. The predicted octanol–water partition coefficient (Wildman–Crippen LogP) is 1.81. The molecule has 0 bridgehead atoms. The number of nitrogen functional groups attached to an aromatic ring is 1. The molecule has 2 amide bonds. The highest BCUT2D eigenvalue weighted by atomic mass is 35.5. The predicted molar refractivity (Wildman–Crippen MR) is 150 cm³/mol. The van der Waals surface area contributed by atoms with Gasteiger partial charge in [0.1, 0.15) is 36.2 Å². The number of nitrogens with zero attached hydrogens (tertiary/aromatic N) is 2. The molecule has 2 fully saturated rings. The van der Waals surface area contributed by atoms with E-state index in [0.717, 1.165) is 11.1 Å². The molecule has 2 atom stereocenters. The number of esters is 1. The van der Waals surface area contributed by atoms with E-state index in [4.69, 9.17) is 20.6 Å². The zero-order chi connectivity index (χ0) is 27.2. The first kappa shape index (κ1) is 30.3. The fraction of sp³-hybridized carbons (Fsp3) is 0.407. The van der Waals surface area contributed by atoms with Crippen LogP contribution in [0.25, 0.3) is 11.1 Å². The van der Waals surface area contributed by atoms with Gasteiger partial charge in [-0.1, -0.05) is 47.6 Å². The van der Waals surface area contributed by atoms with Crippen LogP contribution in [0, 0.1) is 11.3 Å². The van der Waals surface area contributed by atoms with Crippen LogP contribution in [0.15, 0.2) is 48.5 Å². The smallest absolute Gasteiger partial charge is 0.306 e. The van der Waals surface area contributed by atoms with Crippen molar-refractivity contribution in [2.75, 3.05) is 44.9 Å². The second-order valence-electron chi connectivity index (χ2n) is 9.39. The molecule has 3 N–H and O–H groups in total. The summed E-state index contributed by atoms with van der Waals surface area (Å²) < 4.78 is 22.4. The van der Waals surface area contributed by atoms with Crippen molar-refractivity contribution in [2.24, 2.45) is 11.7 Å². The number of hydrogen-bond acceptors (Lipinski definition) is 7. The van der Waals surface area contributed by atoms with Crippen molar-refractivity contribution in [3.05, 3.63) is 54.1 Å². The van der Waals surface area contributed by atoms with Gasteiger partial charge in [0, 0.05) is 5.56 Å². The van der Waals surface area contributed by atoms with Crippen LogP contribution in [0.5, 0.6) is 5.75 Å². The molecule has 2 aliphatic heterocycles. The van der Waals surface area contributed by atoms with Crippen molar-refractivity contribution in [3.63, 3.8) is 0 Å². The summed E-state index contributed by atoms with van der Waals surface area (Å²) in [5.41, 5.74) is 8.12. The Kier molecular flexibility index (Phi) is 10.6. The summed E-state index contributed by atoms with van der Waals surface area (Å²) in [6.07, 6.45) is 0.335. The van der Waals surface area contributed by atoms with Crippen LogP contribution < -0.4 is 10.5 Å². The monoisotopic (exact) mass is 576 g/mol. The van der Waals surface area contributed by atoms with Gasteiger partial charge in [-0.15, -0.1) is 12.4 Å². The number of amides is 2. The minimum Gasteiger partial charge on any atom is -0.616 e. The molecule has 39 heavy (non-hydrogen) atoms. The summed E-state index contributed by atoms with van der Waals surface area (Å²) >= 11 is -0.910. The molecule has 2 aromatic rings. The summed E-state index contributed by atoms with van der Waals surface area (Å²) in [4.78, 5) is 41.1. The van der Waals surface area contributed by atoms with Gasteiger partial charge >= 0.3 is 5.97 Å². The Balaban J connectivity index is 0.00000420. The van der Waals surface area contributed by atoms with Crippen LogP contribution in [-0.4, -0.2) is 88.9 Å². The molecule has 2 heterocycles. The normalized spacial score (nSPS) is 19.4. The van der Waals surface area contributed by atoms with E-state index >= 15 is 0 Å². The summed E-state index contributed by atoms with van der Waals surface area (Å²) in [5.74, 6) is 0.00791. The first-order valence-corrected chi connectivity index (χ1v) is 13.9. The van der Waals surface area contributed by atoms with Crippen molar-refractivity contribution in [1.82, 2.24) is 9.80 Å². The Bertz CT molecular complexity index is 1170. The SMILES string of the molecule is COC(=O)C[C@@H]1C[C@@H](COc2ccc(-c3ccc(C(=N)N)cc3)cc2)N(CC(=O)N2CC[S+]([O-])CC2)C1=O.Cl. The number of hydrogen-bond donors (Lipinski definition) is 2. The van der Waals surface area contributed by atoms with Gasteiger partial charge in [0.05, 0.1) is 38.6 Å². The lowest BCUT2D eigenvalue weighted by Gasteiger charge is -2.31. The summed E-state index contributed by atoms with van der Waals surface area (Å²) in [6.45, 7) is 0.883. The molecule has 2 saturated heterocycles. The van der Waals surface area contributed by atoms with Crippen LogP contribution in [0.3, 0.4) is 0 Å². The number of methoxy groups -OCH3 is 1. The number of nitrogens with one attached hydrogen (secondary N) is 1. The molecule has 2 aromatic carbocycles. The summed E-state index contributed by atoms with van der Waals surface area (Å²) in [5, 5.41) is 7.52. The first-order valence-electron chi connectivity index (χ1n) is 12.4. The number of rotatable bonds is 9. The Morgan fingerprint density at radius 3 is 2.23 bits per heavy atom. The summed E-state index contributed by atoms with van der Waals surface area (Å²) in [7, 11) is 1.28. The maximum atomic E-state index is 13.1. The van der Waals surface area contributed by atoms with Gasteiger partial charge in [-0.2, -0.15) is 0 Å². The molecule has 10 nitrogen and oxygen atoms in total. The molecule has 4 rings (SSSR count). The lowest BCUT2D eigenvalue weighted by molar-refractivity contribution is -0.146. The Hall–Kier alpha value is -3.28. The zero-order valence-corrected chi connectivity index (χ0v) is 23.3. The minimum absolute atomic E-state index is 0. The second kappa shape index (κ2) is 13.7. The van der Waals surface area contributed by atoms with E-state index in [0.29, 0.717) is 42.3 Å². The van der Waals surface area contributed by atoms with E-state index in [1.54, 1.807) is 17.0 Å². The average Bonchev–Trinajstić information content (AvgIpc) is 3.21. The second-order valence-corrected chi connectivity index (χ2v) is 11.1. The molecule has 0 aromatic heterocycles. The maximum absolute atomic E-state index is 13.1. The number of likely N-dealkylation sites (tertiary alicyclic amines) is 1. The van der Waals surface area contributed by atoms with E-state index in [-0.39, 0.29) is 55.7 Å². The lowest BCUT2D eigenvalue weighted by atomic mass is 10.0. The Morgan fingerprint density at radius 1 is 1.08 bits per heavy atom. The van der Waals surface area contributed by atoms with Crippen LogP contribution in [-0.2, 0) is 30.3 Å². The van der Waals surface area contributed by atoms with Gasteiger partial charge in [0.15, 0.2) is 0 Å². The fourth-order valence-electron chi connectivity index (χ4n) is 4.70. The van der Waals surface area contributed by atoms with Gasteiger partial charge in [-0.05, 0) is 29.7 Å². The third kappa shape index (κ3) is 7.65. The maximum Gasteiger partial charge on any atom is 0.306 e. The summed E-state index contributed by atoms with van der Waals surface area (Å²) in [6, 6.07) is 14.5. The van der Waals surface area contributed by atoms with Crippen molar-refractivity contribution < 1.29 is 28.4 Å². The van der Waals surface area contributed by atoms with Crippen LogP contribution in [0.1, 0.15) is 18.4 Å². The molecule has 210 valence electrons. The standard InChI is InChI=1S/C27H32N4O6S.ClH/c1-36-25(33)15-21-14-22(31(27(21)34)16-24(32)30-10-12-38(35)13-11-30)17-37-23-8-6-19(7-9-23)18-2-4-20(5-3-18)26(28)29;/h2-9,21-22H,10-17H2,1H3,(H3,28,29);1H/t21-,22-;/m0./s1. The molecular formula is C27H33ClN4O6S. The number of benzene rings is 2. The molecule has 0 radical (unpaired) electrons. The molecule has 0 spiro atoms. The first-order chi connectivity index (χ1) is 18.2. The third-order valence-corrected chi connectivity index (χ3v) is 8.21. The van der Waals surface area contributed by atoms with Gasteiger partial charge in [-0.25, -0.2) is 0 Å². The van der Waals surface area contributed by atoms with Gasteiger partial charge in [-0.3, -0.25) is 19.8 Å². The van der Waals surface area contributed by atoms with Crippen molar-refractivity contribution in [2.45, 2.75) is 18.9 Å². The van der Waals surface area contributed by atoms with E-state index in [1.165, 1.54) is 12.0 Å². The number of ether oxygens (including phenoxy) is 2. The van der Waals surface area contributed by atoms with Crippen molar-refractivity contribution in [3.8, 4) is 16.9 Å². The Labute approximate surface area is 236 Å². The number of halogens is 1. The van der Waals surface area contributed by atoms with Crippen LogP contribution >= 0.6 is 12.4 Å². The fourth-order valence-corrected chi connectivity index (χ4v) is 5.75. The highest BCUT2D eigenvalue weighted by Gasteiger charge is 2.42. The largest absolute Gasteiger partial charge is 0.616 e. The number of nitrogens with two attached hydrogens (primary N) is 1. The van der Waals surface area contributed by atoms with Crippen LogP contribution in [0.4, 0.5) is 0 Å². The third-order valence-electron chi connectivity index (χ3n) is 6.93.